The number of piperazine rings is 1. The third-order valence-corrected chi connectivity index (χ3v) is 6.51. The van der Waals surface area contributed by atoms with E-state index in [4.69, 9.17) is 0 Å². The van der Waals surface area contributed by atoms with E-state index >= 15 is 0 Å². The van der Waals surface area contributed by atoms with Gasteiger partial charge in [-0.3, -0.25) is 14.5 Å². The second kappa shape index (κ2) is 9.52. The van der Waals surface area contributed by atoms with Crippen LogP contribution in [0.25, 0.3) is 0 Å². The highest BCUT2D eigenvalue weighted by Gasteiger charge is 2.33. The van der Waals surface area contributed by atoms with E-state index in [0.717, 1.165) is 12.3 Å². The van der Waals surface area contributed by atoms with E-state index in [1.54, 1.807) is 22.8 Å². The minimum absolute atomic E-state index is 0.0610. The highest BCUT2D eigenvalue weighted by molar-refractivity contribution is 7.90. The standard InChI is InChI=1S/C22H24F3N3O4S/c1-15-7-8-16(33(2,31)32)13-17(15)21(30)28-11-9-27(10-12-28)14-20(29)26-19-6-4-3-5-18(19)22(23,24)25/h3-8,13H,9-12,14H2,1-2H3,(H,26,29). The summed E-state index contributed by atoms with van der Waals surface area (Å²) >= 11 is 0. The van der Waals surface area contributed by atoms with E-state index in [1.807, 2.05) is 0 Å². The van der Waals surface area contributed by atoms with Crippen molar-refractivity contribution in [1.82, 2.24) is 9.80 Å². The van der Waals surface area contributed by atoms with Crippen molar-refractivity contribution < 1.29 is 31.2 Å². The molecule has 7 nitrogen and oxygen atoms in total. The first kappa shape index (κ1) is 24.7. The van der Waals surface area contributed by atoms with Crippen molar-refractivity contribution in [2.45, 2.75) is 18.0 Å². The third-order valence-electron chi connectivity index (χ3n) is 5.40. The van der Waals surface area contributed by atoms with E-state index in [0.29, 0.717) is 37.3 Å². The van der Waals surface area contributed by atoms with Crippen molar-refractivity contribution in [1.29, 1.82) is 0 Å². The van der Waals surface area contributed by atoms with Gasteiger partial charge in [-0.05, 0) is 36.8 Å². The van der Waals surface area contributed by atoms with E-state index in [2.05, 4.69) is 5.32 Å². The molecule has 1 aliphatic rings. The number of nitrogens with zero attached hydrogens (tertiary/aromatic N) is 2. The molecule has 0 aliphatic carbocycles. The monoisotopic (exact) mass is 483 g/mol. The van der Waals surface area contributed by atoms with E-state index < -0.39 is 27.5 Å². The quantitative estimate of drug-likeness (QED) is 0.707. The highest BCUT2D eigenvalue weighted by Crippen LogP contribution is 2.34. The summed E-state index contributed by atoms with van der Waals surface area (Å²) < 4.78 is 62.9. The van der Waals surface area contributed by atoms with Gasteiger partial charge in [0.05, 0.1) is 22.7 Å². The number of hydrogen-bond acceptors (Lipinski definition) is 5. The van der Waals surface area contributed by atoms with Gasteiger partial charge in [0.25, 0.3) is 5.91 Å². The molecule has 1 N–H and O–H groups in total. The van der Waals surface area contributed by atoms with Crippen LogP contribution in [-0.2, 0) is 20.8 Å². The van der Waals surface area contributed by atoms with Crippen LogP contribution < -0.4 is 5.32 Å². The van der Waals surface area contributed by atoms with Crippen LogP contribution >= 0.6 is 0 Å². The molecule has 0 aromatic heterocycles. The molecule has 1 heterocycles. The summed E-state index contributed by atoms with van der Waals surface area (Å²) in [4.78, 5) is 28.6. The van der Waals surface area contributed by atoms with E-state index in [-0.39, 0.29) is 23.0 Å². The van der Waals surface area contributed by atoms with Crippen molar-refractivity contribution in [2.75, 3.05) is 44.3 Å². The molecule has 0 saturated carbocycles. The summed E-state index contributed by atoms with van der Waals surface area (Å²) in [5.41, 5.74) is -0.268. The Morgan fingerprint density at radius 1 is 1.03 bits per heavy atom. The molecule has 0 bridgehead atoms. The van der Waals surface area contributed by atoms with Gasteiger partial charge in [-0.25, -0.2) is 8.42 Å². The Morgan fingerprint density at radius 2 is 1.67 bits per heavy atom. The number of para-hydroxylation sites is 1. The van der Waals surface area contributed by atoms with E-state index in [9.17, 15) is 31.2 Å². The van der Waals surface area contributed by atoms with Crippen molar-refractivity contribution in [3.63, 3.8) is 0 Å². The molecule has 0 spiro atoms. The molecule has 178 valence electrons. The average Bonchev–Trinajstić information content (AvgIpc) is 2.73. The molecule has 33 heavy (non-hydrogen) atoms. The molecular formula is C22H24F3N3O4S. The Kier molecular flexibility index (Phi) is 7.13. The predicted octanol–water partition coefficient (Wildman–Crippen LogP) is 2.81. The van der Waals surface area contributed by atoms with Crippen molar-refractivity contribution in [2.24, 2.45) is 0 Å². The summed E-state index contributed by atoms with van der Waals surface area (Å²) in [7, 11) is -3.46. The largest absolute Gasteiger partial charge is 0.418 e. The maximum Gasteiger partial charge on any atom is 0.418 e. The Bertz CT molecular complexity index is 1160. The second-order valence-electron chi connectivity index (χ2n) is 7.91. The number of aryl methyl sites for hydroxylation is 1. The Hall–Kier alpha value is -2.92. The Labute approximate surface area is 190 Å². The van der Waals surface area contributed by atoms with Crippen LogP contribution in [0.1, 0.15) is 21.5 Å². The van der Waals surface area contributed by atoms with E-state index in [1.165, 1.54) is 30.3 Å². The van der Waals surface area contributed by atoms with Gasteiger partial charge in [-0.1, -0.05) is 18.2 Å². The van der Waals surface area contributed by atoms with Crippen LogP contribution in [0.15, 0.2) is 47.4 Å². The number of anilines is 1. The fourth-order valence-electron chi connectivity index (χ4n) is 3.57. The van der Waals surface area contributed by atoms with Crippen LogP contribution in [0.5, 0.6) is 0 Å². The lowest BCUT2D eigenvalue weighted by molar-refractivity contribution is -0.137. The summed E-state index contributed by atoms with van der Waals surface area (Å²) in [6.45, 7) is 2.91. The van der Waals surface area contributed by atoms with Crippen molar-refractivity contribution in [3.8, 4) is 0 Å². The summed E-state index contributed by atoms with van der Waals surface area (Å²) in [5.74, 6) is -0.885. The zero-order valence-electron chi connectivity index (χ0n) is 18.1. The SMILES string of the molecule is Cc1ccc(S(C)(=O)=O)cc1C(=O)N1CCN(CC(=O)Nc2ccccc2C(F)(F)F)CC1. The van der Waals surface area contributed by atoms with Gasteiger partial charge in [0.2, 0.25) is 5.91 Å². The number of alkyl halides is 3. The lowest BCUT2D eigenvalue weighted by Crippen LogP contribution is -2.50. The number of rotatable bonds is 5. The number of carbonyl (C=O) groups excluding carboxylic acids is 2. The maximum atomic E-state index is 13.1. The topological polar surface area (TPSA) is 86.8 Å². The molecule has 3 rings (SSSR count). The zero-order chi connectivity index (χ0) is 24.4. The first-order chi connectivity index (χ1) is 15.4. The number of hydrogen-bond donors (Lipinski definition) is 1. The van der Waals surface area contributed by atoms with Crippen LogP contribution in [0.3, 0.4) is 0 Å². The fourth-order valence-corrected chi connectivity index (χ4v) is 4.22. The molecular weight excluding hydrogens is 459 g/mol. The molecule has 0 atom stereocenters. The number of benzene rings is 2. The highest BCUT2D eigenvalue weighted by atomic mass is 32.2. The van der Waals surface area contributed by atoms with Gasteiger partial charge in [0, 0.05) is 38.0 Å². The molecule has 0 radical (unpaired) electrons. The molecule has 2 aromatic rings. The van der Waals surface area contributed by atoms with Crippen LogP contribution in [0, 0.1) is 6.92 Å². The summed E-state index contributed by atoms with van der Waals surface area (Å²) in [6.07, 6.45) is -3.51. The zero-order valence-corrected chi connectivity index (χ0v) is 19.0. The first-order valence-electron chi connectivity index (χ1n) is 10.1. The Balaban J connectivity index is 1.60. The average molecular weight is 484 g/mol. The van der Waals surface area contributed by atoms with Gasteiger partial charge >= 0.3 is 6.18 Å². The molecule has 2 amide bonds. The predicted molar refractivity (Wildman–Crippen MR) is 117 cm³/mol. The van der Waals surface area contributed by atoms with Gasteiger partial charge < -0.3 is 10.2 Å². The first-order valence-corrected chi connectivity index (χ1v) is 12.0. The fraction of sp³-hybridized carbons (Fsp3) is 0.364. The van der Waals surface area contributed by atoms with Gasteiger partial charge in [0.1, 0.15) is 0 Å². The lowest BCUT2D eigenvalue weighted by Gasteiger charge is -2.34. The van der Waals surface area contributed by atoms with Crippen molar-refractivity contribution >= 4 is 27.3 Å². The maximum absolute atomic E-state index is 13.1. The smallest absolute Gasteiger partial charge is 0.336 e. The summed E-state index contributed by atoms with van der Waals surface area (Å²) in [6, 6.07) is 9.17. The molecule has 1 fully saturated rings. The number of amides is 2. The number of carbonyl (C=O) groups is 2. The van der Waals surface area contributed by atoms with Crippen LogP contribution in [0.4, 0.5) is 18.9 Å². The molecule has 1 aliphatic heterocycles. The summed E-state index contributed by atoms with van der Waals surface area (Å²) in [5, 5.41) is 2.31. The number of sulfone groups is 1. The lowest BCUT2D eigenvalue weighted by atomic mass is 10.1. The van der Waals surface area contributed by atoms with Crippen LogP contribution in [0.2, 0.25) is 0 Å². The third kappa shape index (κ3) is 6.11. The van der Waals surface area contributed by atoms with Gasteiger partial charge in [-0.15, -0.1) is 0 Å². The molecule has 1 saturated heterocycles. The minimum Gasteiger partial charge on any atom is -0.336 e. The molecule has 0 unspecified atom stereocenters. The minimum atomic E-state index is -4.58. The van der Waals surface area contributed by atoms with Crippen molar-refractivity contribution in [3.05, 3.63) is 59.2 Å². The number of nitrogens with one attached hydrogen (secondary N) is 1. The van der Waals surface area contributed by atoms with Gasteiger partial charge in [-0.2, -0.15) is 13.2 Å². The second-order valence-corrected chi connectivity index (χ2v) is 9.92. The number of halogens is 3. The molecule has 2 aromatic carbocycles. The van der Waals surface area contributed by atoms with Crippen LogP contribution in [-0.4, -0.2) is 69.0 Å². The Morgan fingerprint density at radius 3 is 2.27 bits per heavy atom. The molecule has 11 heteroatoms. The van der Waals surface area contributed by atoms with Gasteiger partial charge in [0.15, 0.2) is 9.84 Å². The normalized spacial score (nSPS) is 15.4.